The number of rotatable bonds is 3. The number of benzene rings is 2. The van der Waals surface area contributed by atoms with E-state index in [1.165, 1.54) is 0 Å². The molecule has 3 rings (SSSR count). The first-order valence-corrected chi connectivity index (χ1v) is 7.97. The molecular formula is C17H15IO4. The molecule has 0 aliphatic carbocycles. The molecule has 22 heavy (non-hydrogen) atoms. The van der Waals surface area contributed by atoms with Crippen molar-refractivity contribution < 1.29 is 19.4 Å². The van der Waals surface area contributed by atoms with Gasteiger partial charge in [-0.15, -0.1) is 0 Å². The van der Waals surface area contributed by atoms with Crippen LogP contribution in [0.3, 0.4) is 0 Å². The fourth-order valence-electron chi connectivity index (χ4n) is 2.63. The van der Waals surface area contributed by atoms with Crippen LogP contribution in [-0.2, 0) is 20.1 Å². The minimum absolute atomic E-state index is 0.643. The predicted octanol–water partition coefficient (Wildman–Crippen LogP) is 3.71. The van der Waals surface area contributed by atoms with Gasteiger partial charge in [-0.05, 0) is 41.1 Å². The molecule has 1 N–H and O–H groups in total. The van der Waals surface area contributed by atoms with E-state index in [2.05, 4.69) is 22.6 Å². The molecule has 1 aliphatic heterocycles. The summed E-state index contributed by atoms with van der Waals surface area (Å²) in [4.78, 5) is 11.6. The Morgan fingerprint density at radius 1 is 1.09 bits per heavy atom. The van der Waals surface area contributed by atoms with Gasteiger partial charge in [-0.1, -0.05) is 48.5 Å². The average molecular weight is 410 g/mol. The second-order valence-corrected chi connectivity index (χ2v) is 6.41. The number of ether oxygens (including phenoxy) is 2. The van der Waals surface area contributed by atoms with Gasteiger partial charge in [-0.3, -0.25) is 0 Å². The second-order valence-electron chi connectivity index (χ2n) is 5.25. The van der Waals surface area contributed by atoms with Crippen LogP contribution >= 0.6 is 22.6 Å². The Kier molecular flexibility index (Phi) is 4.20. The molecule has 0 bridgehead atoms. The summed E-state index contributed by atoms with van der Waals surface area (Å²) >= 11 is 2.18. The summed E-state index contributed by atoms with van der Waals surface area (Å²) in [5.41, 5.74) is 1.63. The van der Waals surface area contributed by atoms with Crippen molar-refractivity contribution in [2.45, 2.75) is 24.9 Å². The normalized spacial score (nSPS) is 27.7. The van der Waals surface area contributed by atoms with Crippen molar-refractivity contribution in [2.24, 2.45) is 0 Å². The molecule has 3 atom stereocenters. The van der Waals surface area contributed by atoms with Crippen LogP contribution in [0.1, 0.15) is 24.2 Å². The Labute approximate surface area is 142 Å². The van der Waals surface area contributed by atoms with E-state index in [4.69, 9.17) is 9.47 Å². The molecule has 1 heterocycles. The zero-order valence-electron chi connectivity index (χ0n) is 11.9. The lowest BCUT2D eigenvalue weighted by Crippen LogP contribution is -2.28. The van der Waals surface area contributed by atoms with Crippen LogP contribution in [0.5, 0.6) is 0 Å². The van der Waals surface area contributed by atoms with E-state index in [9.17, 15) is 9.90 Å². The van der Waals surface area contributed by atoms with Crippen LogP contribution in [-0.4, -0.2) is 17.2 Å². The van der Waals surface area contributed by atoms with Gasteiger partial charge in [-0.25, -0.2) is 4.79 Å². The number of aliphatic carboxylic acids is 1. The van der Waals surface area contributed by atoms with E-state index in [-0.39, 0.29) is 0 Å². The number of hydrogen-bond acceptors (Lipinski definition) is 3. The van der Waals surface area contributed by atoms with Gasteiger partial charge in [0.15, 0.2) is 11.9 Å². The first kappa shape index (κ1) is 15.5. The molecule has 5 heteroatoms. The molecular weight excluding hydrogens is 395 g/mol. The highest BCUT2D eigenvalue weighted by Gasteiger charge is 2.50. The summed E-state index contributed by atoms with van der Waals surface area (Å²) < 4.78 is 12.8. The summed E-state index contributed by atoms with van der Waals surface area (Å²) in [6.07, 6.45) is -1.68. The topological polar surface area (TPSA) is 55.8 Å². The van der Waals surface area contributed by atoms with Crippen molar-refractivity contribution >= 4 is 28.6 Å². The van der Waals surface area contributed by atoms with Gasteiger partial charge in [0.2, 0.25) is 0 Å². The third kappa shape index (κ3) is 2.76. The maximum absolute atomic E-state index is 11.6. The molecule has 0 aromatic heterocycles. The molecule has 1 fully saturated rings. The number of carboxylic acids is 1. The molecule has 2 aromatic rings. The Bertz CT molecular complexity index is 688. The van der Waals surface area contributed by atoms with E-state index in [1.54, 1.807) is 6.92 Å². The van der Waals surface area contributed by atoms with Crippen molar-refractivity contribution in [2.75, 3.05) is 0 Å². The second kappa shape index (κ2) is 5.98. The summed E-state index contributed by atoms with van der Waals surface area (Å²) in [6, 6.07) is 17.0. The largest absolute Gasteiger partial charge is 0.479 e. The minimum atomic E-state index is -1.08. The third-order valence-corrected chi connectivity index (χ3v) is 4.71. The van der Waals surface area contributed by atoms with Crippen molar-refractivity contribution in [3.05, 3.63) is 69.3 Å². The van der Waals surface area contributed by atoms with Crippen LogP contribution in [0.2, 0.25) is 0 Å². The van der Waals surface area contributed by atoms with Gasteiger partial charge >= 0.3 is 5.97 Å². The highest BCUT2D eigenvalue weighted by Crippen LogP contribution is 2.45. The Balaban J connectivity index is 2.01. The number of halogens is 1. The molecule has 0 radical (unpaired) electrons. The lowest BCUT2D eigenvalue weighted by atomic mass is 10.0. The highest BCUT2D eigenvalue weighted by atomic mass is 127. The van der Waals surface area contributed by atoms with Crippen molar-refractivity contribution in [3.8, 4) is 0 Å². The highest BCUT2D eigenvalue weighted by molar-refractivity contribution is 14.1. The number of carboxylic acid groups (broad SMARTS) is 1. The lowest BCUT2D eigenvalue weighted by molar-refractivity contribution is -0.179. The lowest BCUT2D eigenvalue weighted by Gasteiger charge is -2.23. The standard InChI is InChI=1S/C17H15IO4/c1-17(11-7-3-2-4-8-11)21-14(15(22-17)16(19)20)12-9-5-6-10-13(12)18/h2-10,14-15H,1H3,(H,19,20)/t14-,15+,17?/m1/s1. The third-order valence-electron chi connectivity index (χ3n) is 3.73. The van der Waals surface area contributed by atoms with Gasteiger partial charge in [-0.2, -0.15) is 0 Å². The molecule has 4 nitrogen and oxygen atoms in total. The molecule has 1 unspecified atom stereocenters. The molecule has 0 amide bonds. The van der Waals surface area contributed by atoms with Crippen LogP contribution in [0.25, 0.3) is 0 Å². The van der Waals surface area contributed by atoms with E-state index in [0.29, 0.717) is 0 Å². The van der Waals surface area contributed by atoms with Gasteiger partial charge < -0.3 is 14.6 Å². The molecule has 2 aromatic carbocycles. The van der Waals surface area contributed by atoms with Crippen LogP contribution < -0.4 is 0 Å². The number of hydrogen-bond donors (Lipinski definition) is 1. The van der Waals surface area contributed by atoms with E-state index >= 15 is 0 Å². The fourth-order valence-corrected chi connectivity index (χ4v) is 3.32. The Morgan fingerprint density at radius 2 is 1.73 bits per heavy atom. The predicted molar refractivity (Wildman–Crippen MR) is 89.3 cm³/mol. The van der Waals surface area contributed by atoms with Crippen LogP contribution in [0.4, 0.5) is 0 Å². The van der Waals surface area contributed by atoms with Crippen LogP contribution in [0.15, 0.2) is 54.6 Å². The fraction of sp³-hybridized carbons (Fsp3) is 0.235. The van der Waals surface area contributed by atoms with Crippen molar-refractivity contribution in [1.82, 2.24) is 0 Å². The average Bonchev–Trinajstić information content (AvgIpc) is 2.88. The maximum atomic E-state index is 11.6. The SMILES string of the molecule is CC1(c2ccccc2)O[C@H](C(=O)O)[C@@H](c2ccccc2I)O1. The van der Waals surface area contributed by atoms with Gasteiger partial charge in [0.05, 0.1) is 0 Å². The van der Waals surface area contributed by atoms with Gasteiger partial charge in [0.25, 0.3) is 0 Å². The molecule has 114 valence electrons. The summed E-state index contributed by atoms with van der Waals surface area (Å²) in [5.74, 6) is -2.10. The maximum Gasteiger partial charge on any atom is 0.336 e. The van der Waals surface area contributed by atoms with Crippen molar-refractivity contribution in [3.63, 3.8) is 0 Å². The summed E-state index contributed by atoms with van der Waals surface area (Å²) in [6.45, 7) is 1.76. The zero-order valence-corrected chi connectivity index (χ0v) is 14.1. The first-order chi connectivity index (χ1) is 10.5. The van der Waals surface area contributed by atoms with Crippen LogP contribution in [0, 0.1) is 3.57 Å². The quantitative estimate of drug-likeness (QED) is 0.785. The minimum Gasteiger partial charge on any atom is -0.479 e. The van der Waals surface area contributed by atoms with E-state index in [1.807, 2.05) is 54.6 Å². The molecule has 1 saturated heterocycles. The molecule has 1 aliphatic rings. The number of carbonyl (C=O) groups is 1. The zero-order chi connectivity index (χ0) is 15.7. The molecule has 0 saturated carbocycles. The smallest absolute Gasteiger partial charge is 0.336 e. The summed E-state index contributed by atoms with van der Waals surface area (Å²) in [7, 11) is 0. The van der Waals surface area contributed by atoms with Gasteiger partial charge in [0.1, 0.15) is 6.10 Å². The molecule has 0 spiro atoms. The first-order valence-electron chi connectivity index (χ1n) is 6.90. The monoisotopic (exact) mass is 410 g/mol. The summed E-state index contributed by atoms with van der Waals surface area (Å²) in [5, 5.41) is 9.51. The van der Waals surface area contributed by atoms with E-state index < -0.39 is 24.0 Å². The Morgan fingerprint density at radius 3 is 2.36 bits per heavy atom. The van der Waals surface area contributed by atoms with E-state index in [0.717, 1.165) is 14.7 Å². The van der Waals surface area contributed by atoms with Crippen molar-refractivity contribution in [1.29, 1.82) is 0 Å². The van der Waals surface area contributed by atoms with Gasteiger partial charge in [0, 0.05) is 9.13 Å². The Hall–Kier alpha value is -1.44.